The Morgan fingerprint density at radius 1 is 0.884 bits per heavy atom. The summed E-state index contributed by atoms with van der Waals surface area (Å²) in [6.07, 6.45) is 3.40. The predicted octanol–water partition coefficient (Wildman–Crippen LogP) is 5.91. The number of hydrogen-bond acceptors (Lipinski definition) is 8. The van der Waals surface area contributed by atoms with Crippen molar-refractivity contribution in [2.75, 3.05) is 11.9 Å². The molecule has 0 fully saturated rings. The predicted molar refractivity (Wildman–Crippen MR) is 173 cm³/mol. The SMILES string of the molecule is O=S(=O)(NC1=CC(c2ccccc2)=NC2=C(Br)CNN12)c1ccc(Nc2cc(-c3ccccc3)nc3c(Br)cnn23)cc1. The van der Waals surface area contributed by atoms with Gasteiger partial charge in [-0.3, -0.25) is 4.72 Å². The van der Waals surface area contributed by atoms with E-state index >= 15 is 0 Å². The van der Waals surface area contributed by atoms with Crippen LogP contribution in [-0.4, -0.2) is 40.3 Å². The van der Waals surface area contributed by atoms with Crippen molar-refractivity contribution < 1.29 is 8.42 Å². The molecular weight excluding hydrogens is 696 g/mol. The highest BCUT2D eigenvalue weighted by Crippen LogP contribution is 2.31. The van der Waals surface area contributed by atoms with E-state index in [9.17, 15) is 8.42 Å². The molecule has 0 unspecified atom stereocenters. The second-order valence-corrected chi connectivity index (χ2v) is 13.2. The first-order valence-corrected chi connectivity index (χ1v) is 16.2. The van der Waals surface area contributed by atoms with Crippen LogP contribution in [0.15, 0.2) is 134 Å². The van der Waals surface area contributed by atoms with Gasteiger partial charge in [-0.25, -0.2) is 28.8 Å². The van der Waals surface area contributed by atoms with Crippen LogP contribution < -0.4 is 15.5 Å². The van der Waals surface area contributed by atoms with Crippen LogP contribution in [0.25, 0.3) is 16.9 Å². The fourth-order valence-electron chi connectivity index (χ4n) is 4.75. The van der Waals surface area contributed by atoms with Crippen molar-refractivity contribution in [2.45, 2.75) is 4.90 Å². The van der Waals surface area contributed by atoms with Crippen LogP contribution in [0.2, 0.25) is 0 Å². The van der Waals surface area contributed by atoms with Crippen LogP contribution in [0, 0.1) is 0 Å². The van der Waals surface area contributed by atoms with Gasteiger partial charge in [-0.2, -0.15) is 9.61 Å². The molecule has 3 aromatic carbocycles. The van der Waals surface area contributed by atoms with Crippen molar-refractivity contribution in [2.24, 2.45) is 4.99 Å². The summed E-state index contributed by atoms with van der Waals surface area (Å²) in [5.41, 5.74) is 7.75. The Morgan fingerprint density at radius 3 is 2.30 bits per heavy atom. The van der Waals surface area contributed by atoms with Gasteiger partial charge in [0.2, 0.25) is 0 Å². The molecule has 10 nitrogen and oxygen atoms in total. The lowest BCUT2D eigenvalue weighted by atomic mass is 10.1. The molecule has 0 saturated carbocycles. The topological polar surface area (TPSA) is 116 Å². The van der Waals surface area contributed by atoms with Gasteiger partial charge >= 0.3 is 0 Å². The molecule has 0 saturated heterocycles. The first-order valence-electron chi connectivity index (χ1n) is 13.1. The summed E-state index contributed by atoms with van der Waals surface area (Å²) in [4.78, 5) is 9.59. The largest absolute Gasteiger partial charge is 0.340 e. The van der Waals surface area contributed by atoms with Crippen LogP contribution in [0.5, 0.6) is 0 Å². The molecule has 7 rings (SSSR count). The third kappa shape index (κ3) is 5.36. The Balaban J connectivity index is 1.16. The Bertz CT molecular complexity index is 2060. The highest BCUT2D eigenvalue weighted by molar-refractivity contribution is 9.11. The summed E-state index contributed by atoms with van der Waals surface area (Å²) in [5, 5.41) is 9.42. The monoisotopic (exact) mass is 716 g/mol. The van der Waals surface area contributed by atoms with E-state index in [-0.39, 0.29) is 4.90 Å². The Labute approximate surface area is 264 Å². The summed E-state index contributed by atoms with van der Waals surface area (Å²) in [6.45, 7) is 0.488. The molecule has 0 bridgehead atoms. The van der Waals surface area contributed by atoms with Crippen molar-refractivity contribution in [3.8, 4) is 11.3 Å². The Kier molecular flexibility index (Phi) is 7.09. The van der Waals surface area contributed by atoms with Gasteiger partial charge in [-0.1, -0.05) is 76.6 Å². The van der Waals surface area contributed by atoms with E-state index in [0.717, 1.165) is 25.8 Å². The molecule has 0 radical (unpaired) electrons. The second kappa shape index (κ2) is 11.1. The Morgan fingerprint density at radius 2 is 1.58 bits per heavy atom. The number of hydrogen-bond donors (Lipinski definition) is 3. The average molecular weight is 718 g/mol. The van der Waals surface area contributed by atoms with E-state index in [0.29, 0.717) is 41.1 Å². The van der Waals surface area contributed by atoms with Crippen LogP contribution in [0.3, 0.4) is 0 Å². The van der Waals surface area contributed by atoms with E-state index < -0.39 is 10.0 Å². The number of nitrogens with zero attached hydrogens (tertiary/aromatic N) is 5. The smallest absolute Gasteiger partial charge is 0.263 e. The number of aliphatic imine (C=N–C) groups is 1. The number of rotatable bonds is 7. The first kappa shape index (κ1) is 27.5. The van der Waals surface area contributed by atoms with E-state index in [1.165, 1.54) is 0 Å². The highest BCUT2D eigenvalue weighted by Gasteiger charge is 2.30. The molecular formula is C30H22Br2N8O2S. The molecule has 0 spiro atoms. The van der Waals surface area contributed by atoms with Gasteiger partial charge < -0.3 is 5.32 Å². The molecule has 4 heterocycles. The number of benzene rings is 3. The lowest BCUT2D eigenvalue weighted by Crippen LogP contribution is -2.41. The van der Waals surface area contributed by atoms with Crippen molar-refractivity contribution in [3.05, 3.63) is 129 Å². The minimum absolute atomic E-state index is 0.109. The number of aromatic nitrogens is 3. The third-order valence-electron chi connectivity index (χ3n) is 6.83. The van der Waals surface area contributed by atoms with Gasteiger partial charge in [0.15, 0.2) is 11.5 Å². The number of fused-ring (bicyclic) bond motifs is 2. The van der Waals surface area contributed by atoms with Crippen molar-refractivity contribution in [1.82, 2.24) is 29.8 Å². The molecule has 43 heavy (non-hydrogen) atoms. The molecule has 2 aliphatic heterocycles. The minimum atomic E-state index is -3.94. The van der Waals surface area contributed by atoms with Crippen LogP contribution in [-0.2, 0) is 10.0 Å². The first-order chi connectivity index (χ1) is 20.9. The van der Waals surface area contributed by atoms with Crippen LogP contribution in [0.1, 0.15) is 5.56 Å². The molecule has 0 atom stereocenters. The van der Waals surface area contributed by atoms with E-state index in [2.05, 4.69) is 52.4 Å². The standard InChI is InChI=1S/C30H22Br2N8O2S/c31-23-17-33-39-27(15-25(36-29(23)39)19-7-3-1-4-8-19)35-21-11-13-22(14-12-21)43(41,42)38-28-16-26(20-9-5-2-6-10-20)37-30-24(32)18-34-40(28)30/h1-17,34-35,38H,18H2. The number of allylic oxidation sites excluding steroid dienone is 1. The quantitative estimate of drug-likeness (QED) is 0.192. The number of halogens is 2. The van der Waals surface area contributed by atoms with Gasteiger partial charge in [-0.15, -0.1) is 0 Å². The average Bonchev–Trinajstić information content (AvgIpc) is 3.60. The van der Waals surface area contributed by atoms with Gasteiger partial charge in [0.05, 0.1) is 38.0 Å². The highest BCUT2D eigenvalue weighted by atomic mass is 79.9. The molecule has 0 aliphatic carbocycles. The minimum Gasteiger partial charge on any atom is -0.340 e. The third-order valence-corrected chi connectivity index (χ3v) is 9.40. The summed E-state index contributed by atoms with van der Waals surface area (Å²) in [6, 6.07) is 27.9. The zero-order valence-corrected chi connectivity index (χ0v) is 26.2. The number of sulfonamides is 1. The zero-order chi connectivity index (χ0) is 29.6. The van der Waals surface area contributed by atoms with E-state index in [1.54, 1.807) is 46.1 Å². The number of nitrogens with one attached hydrogen (secondary N) is 3. The number of hydrazine groups is 1. The summed E-state index contributed by atoms with van der Waals surface area (Å²) in [7, 11) is -3.94. The number of anilines is 2. The molecule has 5 aromatic rings. The van der Waals surface area contributed by atoms with Crippen molar-refractivity contribution >= 4 is 64.7 Å². The molecule has 2 aliphatic rings. The normalized spacial score (nSPS) is 14.9. The Hall–Kier alpha value is -4.30. The molecule has 2 aromatic heterocycles. The maximum atomic E-state index is 13.5. The van der Waals surface area contributed by atoms with Crippen LogP contribution >= 0.6 is 31.9 Å². The zero-order valence-electron chi connectivity index (χ0n) is 22.2. The maximum absolute atomic E-state index is 13.5. The fraction of sp³-hybridized carbons (Fsp3) is 0.0333. The maximum Gasteiger partial charge on any atom is 0.263 e. The summed E-state index contributed by atoms with van der Waals surface area (Å²) in [5.74, 6) is 1.62. The lowest BCUT2D eigenvalue weighted by Gasteiger charge is -2.27. The second-order valence-electron chi connectivity index (χ2n) is 9.67. The fourth-order valence-corrected chi connectivity index (χ4v) is 6.53. The molecule has 0 amide bonds. The molecule has 13 heteroatoms. The van der Waals surface area contributed by atoms with Gasteiger partial charge in [0.1, 0.15) is 11.6 Å². The lowest BCUT2D eigenvalue weighted by molar-refractivity contribution is 0.337. The van der Waals surface area contributed by atoms with E-state index in [1.807, 2.05) is 66.7 Å². The van der Waals surface area contributed by atoms with Gasteiger partial charge in [0.25, 0.3) is 10.0 Å². The van der Waals surface area contributed by atoms with E-state index in [4.69, 9.17) is 9.98 Å². The molecule has 3 N–H and O–H groups in total. The molecule has 214 valence electrons. The van der Waals surface area contributed by atoms with Gasteiger partial charge in [0, 0.05) is 29.0 Å². The van der Waals surface area contributed by atoms with Crippen molar-refractivity contribution in [3.63, 3.8) is 0 Å². The van der Waals surface area contributed by atoms with Gasteiger partial charge in [-0.05, 0) is 40.2 Å². The van der Waals surface area contributed by atoms with Crippen LogP contribution in [0.4, 0.5) is 11.5 Å². The summed E-state index contributed by atoms with van der Waals surface area (Å²) >= 11 is 7.08. The summed E-state index contributed by atoms with van der Waals surface area (Å²) < 4.78 is 33.1. The van der Waals surface area contributed by atoms with Crippen molar-refractivity contribution in [1.29, 1.82) is 0 Å².